The van der Waals surface area contributed by atoms with Crippen molar-refractivity contribution in [3.05, 3.63) is 93.5 Å². The van der Waals surface area contributed by atoms with Crippen LogP contribution in [0.4, 0.5) is 14.9 Å². The number of aromatic nitrogens is 2. The molecule has 47 heavy (non-hydrogen) atoms. The zero-order chi connectivity index (χ0) is 33.5. The number of anilines is 1. The van der Waals surface area contributed by atoms with Gasteiger partial charge in [-0.2, -0.15) is 5.10 Å². The summed E-state index contributed by atoms with van der Waals surface area (Å²) in [7, 11) is 0. The Bertz CT molecular complexity index is 1780. The van der Waals surface area contributed by atoms with Gasteiger partial charge in [-0.25, -0.2) is 9.18 Å². The topological polar surface area (TPSA) is 132 Å². The van der Waals surface area contributed by atoms with E-state index >= 15 is 4.39 Å². The van der Waals surface area contributed by atoms with E-state index in [0.29, 0.717) is 52.9 Å². The van der Waals surface area contributed by atoms with Crippen molar-refractivity contribution in [1.82, 2.24) is 15.1 Å². The number of carbonyl (C=O) groups excluding carboxylic acids is 2. The van der Waals surface area contributed by atoms with Gasteiger partial charge in [-0.3, -0.25) is 19.2 Å². The minimum Gasteiger partial charge on any atom is -0.491 e. The van der Waals surface area contributed by atoms with E-state index in [1.807, 2.05) is 13.0 Å². The maximum Gasteiger partial charge on any atom is 0.414 e. The second-order valence-electron chi connectivity index (χ2n) is 10.6. The number of hydrogen-bond donors (Lipinski definition) is 2. The van der Waals surface area contributed by atoms with Crippen molar-refractivity contribution in [3.8, 4) is 22.6 Å². The van der Waals surface area contributed by atoms with Crippen molar-refractivity contribution >= 4 is 46.9 Å². The summed E-state index contributed by atoms with van der Waals surface area (Å²) in [5, 5.41) is 16.1. The Balaban J connectivity index is 1.27. The lowest BCUT2D eigenvalue weighted by molar-refractivity contribution is -0.136. The van der Waals surface area contributed by atoms with Gasteiger partial charge < -0.3 is 24.6 Å². The van der Waals surface area contributed by atoms with E-state index in [-0.39, 0.29) is 48.9 Å². The lowest BCUT2D eigenvalue weighted by atomic mass is 10.1. The Morgan fingerprint density at radius 3 is 2.70 bits per heavy atom. The number of carboxylic acids is 1. The lowest BCUT2D eigenvalue weighted by Gasteiger charge is -2.22. The van der Waals surface area contributed by atoms with Gasteiger partial charge in [-0.05, 0) is 43.7 Å². The smallest absolute Gasteiger partial charge is 0.414 e. The van der Waals surface area contributed by atoms with Crippen LogP contribution >= 0.6 is 23.2 Å². The minimum absolute atomic E-state index is 0.0181. The molecule has 2 heterocycles. The van der Waals surface area contributed by atoms with Crippen LogP contribution in [0.2, 0.25) is 10.0 Å². The SMILES string of the molecule is Cc1c(Cl)cccc1OCCOC(=O)N1CCCOc2c(-c3cnn(Cc4c(F)cc(C(=O)NCCC(=O)O)cc4Cl)c3)cccc21. The molecule has 5 rings (SSSR count). The molecule has 246 valence electrons. The summed E-state index contributed by atoms with van der Waals surface area (Å²) in [6.07, 6.45) is 3.06. The number of amides is 2. The van der Waals surface area contributed by atoms with Crippen LogP contribution < -0.4 is 19.7 Å². The van der Waals surface area contributed by atoms with E-state index in [1.54, 1.807) is 42.7 Å². The first kappa shape index (κ1) is 33.6. The van der Waals surface area contributed by atoms with E-state index in [4.69, 9.17) is 42.5 Å². The van der Waals surface area contributed by atoms with Crippen LogP contribution in [0.15, 0.2) is 60.9 Å². The number of halogens is 3. The summed E-state index contributed by atoms with van der Waals surface area (Å²) < 4.78 is 33.9. The van der Waals surface area contributed by atoms with Crippen molar-refractivity contribution in [3.63, 3.8) is 0 Å². The summed E-state index contributed by atoms with van der Waals surface area (Å²) in [6, 6.07) is 13.1. The molecule has 11 nitrogen and oxygen atoms in total. The summed E-state index contributed by atoms with van der Waals surface area (Å²) in [6.45, 7) is 2.65. The second kappa shape index (κ2) is 15.2. The van der Waals surface area contributed by atoms with Gasteiger partial charge in [0.05, 0.1) is 31.5 Å². The van der Waals surface area contributed by atoms with Gasteiger partial charge >= 0.3 is 12.1 Å². The number of benzene rings is 3. The van der Waals surface area contributed by atoms with Crippen LogP contribution in [-0.2, 0) is 16.1 Å². The fourth-order valence-electron chi connectivity index (χ4n) is 4.95. The Morgan fingerprint density at radius 2 is 1.91 bits per heavy atom. The van der Waals surface area contributed by atoms with Gasteiger partial charge in [0, 0.05) is 57.1 Å². The fraction of sp³-hybridized carbons (Fsp3) is 0.273. The van der Waals surface area contributed by atoms with Crippen molar-refractivity contribution in [2.24, 2.45) is 0 Å². The highest BCUT2D eigenvalue weighted by Crippen LogP contribution is 2.40. The number of carbonyl (C=O) groups is 3. The van der Waals surface area contributed by atoms with Gasteiger partial charge in [0.25, 0.3) is 5.91 Å². The molecule has 0 fully saturated rings. The first-order valence-corrected chi connectivity index (χ1v) is 15.5. The summed E-state index contributed by atoms with van der Waals surface area (Å²) in [4.78, 5) is 37.7. The monoisotopic (exact) mass is 684 g/mol. The number of carboxylic acid groups (broad SMARTS) is 1. The van der Waals surface area contributed by atoms with Crippen LogP contribution in [0, 0.1) is 12.7 Å². The number of nitrogens with one attached hydrogen (secondary N) is 1. The zero-order valence-electron chi connectivity index (χ0n) is 25.3. The van der Waals surface area contributed by atoms with E-state index < -0.39 is 23.8 Å². The van der Waals surface area contributed by atoms with Crippen LogP contribution in [0.5, 0.6) is 11.5 Å². The number of para-hydroxylation sites is 1. The Labute approximate surface area is 279 Å². The predicted molar refractivity (Wildman–Crippen MR) is 173 cm³/mol. The molecule has 1 aromatic heterocycles. The van der Waals surface area contributed by atoms with Crippen molar-refractivity contribution in [2.75, 3.05) is 37.8 Å². The number of hydrogen-bond acceptors (Lipinski definition) is 7. The molecule has 0 saturated heterocycles. The highest BCUT2D eigenvalue weighted by molar-refractivity contribution is 6.32. The highest BCUT2D eigenvalue weighted by Gasteiger charge is 2.26. The molecule has 0 bridgehead atoms. The third-order valence-electron chi connectivity index (χ3n) is 7.35. The maximum atomic E-state index is 15.1. The van der Waals surface area contributed by atoms with Gasteiger partial charge in [-0.15, -0.1) is 0 Å². The summed E-state index contributed by atoms with van der Waals surface area (Å²) >= 11 is 12.5. The molecule has 4 aromatic rings. The average molecular weight is 686 g/mol. The standard InChI is InChI=1S/C33H31Cl2FN4O7/c1-20-25(34)6-3-8-29(20)45-13-14-47-33(44)40-11-4-12-46-31-23(5-2-7-28(31)40)22-17-38-39(18-22)19-24-26(35)15-21(16-27(24)36)32(43)37-10-9-30(41)42/h2-3,5-8,15-18H,4,9-14,19H2,1H3,(H,37,43)(H,41,42). The van der Waals surface area contributed by atoms with E-state index in [1.165, 1.54) is 15.6 Å². The number of nitrogens with zero attached hydrogens (tertiary/aromatic N) is 3. The number of aliphatic carboxylic acids is 1. The first-order chi connectivity index (χ1) is 22.6. The number of fused-ring (bicyclic) bond motifs is 1. The number of ether oxygens (including phenoxy) is 3. The Kier molecular flexibility index (Phi) is 10.8. The molecule has 0 radical (unpaired) electrons. The fourth-order valence-corrected chi connectivity index (χ4v) is 5.38. The van der Waals surface area contributed by atoms with Crippen molar-refractivity contribution < 1.29 is 38.1 Å². The molecule has 0 unspecified atom stereocenters. The molecule has 1 aliphatic rings. The van der Waals surface area contributed by atoms with Crippen LogP contribution in [0.1, 0.15) is 34.3 Å². The van der Waals surface area contributed by atoms with E-state index in [9.17, 15) is 14.4 Å². The molecule has 0 spiro atoms. The van der Waals surface area contributed by atoms with E-state index in [0.717, 1.165) is 11.6 Å². The van der Waals surface area contributed by atoms with Crippen LogP contribution in [0.3, 0.4) is 0 Å². The Morgan fingerprint density at radius 1 is 1.11 bits per heavy atom. The number of rotatable bonds is 11. The van der Waals surface area contributed by atoms with Gasteiger partial charge in [-0.1, -0.05) is 41.4 Å². The second-order valence-corrected chi connectivity index (χ2v) is 11.4. The highest BCUT2D eigenvalue weighted by atomic mass is 35.5. The predicted octanol–water partition coefficient (Wildman–Crippen LogP) is 6.36. The van der Waals surface area contributed by atoms with Crippen molar-refractivity contribution in [2.45, 2.75) is 26.3 Å². The van der Waals surface area contributed by atoms with Crippen LogP contribution in [0.25, 0.3) is 11.1 Å². The molecule has 2 amide bonds. The van der Waals surface area contributed by atoms with Crippen molar-refractivity contribution in [1.29, 1.82) is 0 Å². The van der Waals surface area contributed by atoms with E-state index in [2.05, 4.69) is 10.4 Å². The molecule has 0 atom stereocenters. The average Bonchev–Trinajstić information content (AvgIpc) is 3.39. The quantitative estimate of drug-likeness (QED) is 0.174. The Hall–Kier alpha value is -4.81. The van der Waals surface area contributed by atoms with Gasteiger partial charge in [0.15, 0.2) is 5.75 Å². The normalized spacial score (nSPS) is 12.5. The molecule has 1 aliphatic heterocycles. The molecule has 3 aromatic carbocycles. The van der Waals surface area contributed by atoms with Crippen LogP contribution in [-0.4, -0.2) is 65.8 Å². The largest absolute Gasteiger partial charge is 0.491 e. The summed E-state index contributed by atoms with van der Waals surface area (Å²) in [5.41, 5.74) is 2.77. The molecule has 2 N–H and O–H groups in total. The molecule has 0 aliphatic carbocycles. The zero-order valence-corrected chi connectivity index (χ0v) is 26.8. The molecule has 0 saturated carbocycles. The lowest BCUT2D eigenvalue weighted by Crippen LogP contribution is -2.33. The molecule has 14 heteroatoms. The third kappa shape index (κ3) is 8.13. The van der Waals surface area contributed by atoms with Gasteiger partial charge in [0.2, 0.25) is 0 Å². The molecular formula is C33H31Cl2FN4O7. The summed E-state index contributed by atoms with van der Waals surface area (Å²) in [5.74, 6) is -1.31. The minimum atomic E-state index is -1.07. The maximum absolute atomic E-state index is 15.1. The molecular weight excluding hydrogens is 654 g/mol. The third-order valence-corrected chi connectivity index (χ3v) is 8.10. The first-order valence-electron chi connectivity index (χ1n) is 14.7. The van der Waals surface area contributed by atoms with Gasteiger partial charge in [0.1, 0.15) is 24.8 Å².